The van der Waals surface area contributed by atoms with Crippen molar-refractivity contribution in [1.82, 2.24) is 0 Å². The predicted octanol–water partition coefficient (Wildman–Crippen LogP) is 3.50. The van der Waals surface area contributed by atoms with E-state index in [0.29, 0.717) is 11.1 Å². The largest absolute Gasteiger partial charge is 0.478 e. The quantitative estimate of drug-likeness (QED) is 0.736. The van der Waals surface area contributed by atoms with Crippen molar-refractivity contribution >= 4 is 33.9 Å². The SMILES string of the molecule is CC(=Cc1cccc(S(=O)(=O)c2cccc(C=C(C)C(=O)O)c2)c1)C(=O)O. The molecular formula is C20H18O6S. The number of hydrogen-bond donors (Lipinski definition) is 2. The fourth-order valence-corrected chi connectivity index (χ4v) is 3.67. The Hall–Kier alpha value is -3.19. The minimum Gasteiger partial charge on any atom is -0.478 e. The molecule has 0 aliphatic heterocycles. The van der Waals surface area contributed by atoms with Crippen LogP contribution in [0, 0.1) is 0 Å². The standard InChI is InChI=1S/C20H18O6S/c1-13(19(21)22)9-15-5-3-7-17(11-15)27(25,26)18-8-4-6-16(12-18)10-14(2)20(23)24/h3-12H,1-2H3,(H,21,22)(H,23,24). The van der Waals surface area contributed by atoms with E-state index >= 15 is 0 Å². The highest BCUT2D eigenvalue weighted by atomic mass is 32.2. The molecule has 0 spiro atoms. The molecule has 6 nitrogen and oxygen atoms in total. The molecule has 2 rings (SSSR count). The number of sulfone groups is 1. The van der Waals surface area contributed by atoms with Crippen LogP contribution in [0.25, 0.3) is 12.2 Å². The van der Waals surface area contributed by atoms with E-state index in [1.54, 1.807) is 12.1 Å². The monoisotopic (exact) mass is 386 g/mol. The van der Waals surface area contributed by atoms with Crippen LogP contribution in [0.1, 0.15) is 25.0 Å². The third-order valence-corrected chi connectivity index (χ3v) is 5.53. The highest BCUT2D eigenvalue weighted by Crippen LogP contribution is 2.24. The van der Waals surface area contributed by atoms with Crippen LogP contribution in [0.5, 0.6) is 0 Å². The van der Waals surface area contributed by atoms with Crippen molar-refractivity contribution in [2.75, 3.05) is 0 Å². The van der Waals surface area contributed by atoms with Gasteiger partial charge in [-0.2, -0.15) is 0 Å². The Morgan fingerprint density at radius 2 is 1.15 bits per heavy atom. The number of aliphatic carboxylic acids is 2. The molecule has 0 heterocycles. The second-order valence-electron chi connectivity index (χ2n) is 5.91. The molecule has 0 atom stereocenters. The predicted molar refractivity (Wildman–Crippen MR) is 101 cm³/mol. The van der Waals surface area contributed by atoms with Crippen molar-refractivity contribution < 1.29 is 28.2 Å². The molecule has 0 bridgehead atoms. The lowest BCUT2D eigenvalue weighted by molar-refractivity contribution is -0.133. The second-order valence-corrected chi connectivity index (χ2v) is 7.86. The molecule has 2 N–H and O–H groups in total. The Labute approximate surface area is 157 Å². The number of hydrogen-bond acceptors (Lipinski definition) is 4. The van der Waals surface area contributed by atoms with Gasteiger partial charge in [-0.1, -0.05) is 24.3 Å². The summed E-state index contributed by atoms with van der Waals surface area (Å²) in [5, 5.41) is 17.9. The number of rotatable bonds is 6. The first-order chi connectivity index (χ1) is 12.6. The van der Waals surface area contributed by atoms with Gasteiger partial charge in [0.2, 0.25) is 9.84 Å². The van der Waals surface area contributed by atoms with Gasteiger partial charge in [0, 0.05) is 11.1 Å². The smallest absolute Gasteiger partial charge is 0.331 e. The van der Waals surface area contributed by atoms with Crippen molar-refractivity contribution in [1.29, 1.82) is 0 Å². The number of benzene rings is 2. The average Bonchev–Trinajstić information content (AvgIpc) is 2.62. The van der Waals surface area contributed by atoms with Gasteiger partial charge in [0.15, 0.2) is 0 Å². The van der Waals surface area contributed by atoms with Crippen molar-refractivity contribution in [2.24, 2.45) is 0 Å². The molecule has 27 heavy (non-hydrogen) atoms. The molecule has 2 aromatic rings. The number of carbonyl (C=O) groups is 2. The third-order valence-electron chi connectivity index (χ3n) is 3.78. The zero-order valence-corrected chi connectivity index (χ0v) is 15.5. The van der Waals surface area contributed by atoms with Crippen LogP contribution in [0.3, 0.4) is 0 Å². The van der Waals surface area contributed by atoms with Crippen LogP contribution in [0.2, 0.25) is 0 Å². The van der Waals surface area contributed by atoms with Crippen molar-refractivity contribution in [3.63, 3.8) is 0 Å². The van der Waals surface area contributed by atoms with Crippen LogP contribution in [0.15, 0.2) is 69.5 Å². The fourth-order valence-electron chi connectivity index (χ4n) is 2.30. The van der Waals surface area contributed by atoms with Crippen molar-refractivity contribution in [3.05, 3.63) is 70.8 Å². The average molecular weight is 386 g/mol. The highest BCUT2D eigenvalue weighted by molar-refractivity contribution is 7.91. The Balaban J connectivity index is 2.48. The molecule has 0 fully saturated rings. The summed E-state index contributed by atoms with van der Waals surface area (Å²) >= 11 is 0. The van der Waals surface area contributed by atoms with Crippen LogP contribution in [-0.2, 0) is 19.4 Å². The molecule has 0 aromatic heterocycles. The third kappa shape index (κ3) is 4.92. The summed E-state index contributed by atoms with van der Waals surface area (Å²) in [6.07, 6.45) is 2.77. The number of carboxylic acid groups (broad SMARTS) is 2. The highest BCUT2D eigenvalue weighted by Gasteiger charge is 2.18. The molecule has 0 saturated heterocycles. The first-order valence-electron chi connectivity index (χ1n) is 7.89. The van der Waals surface area contributed by atoms with Gasteiger partial charge < -0.3 is 10.2 Å². The minimum absolute atomic E-state index is 0.0190. The summed E-state index contributed by atoms with van der Waals surface area (Å²) < 4.78 is 25.8. The molecule has 0 aliphatic rings. The van der Waals surface area contributed by atoms with Crippen LogP contribution < -0.4 is 0 Å². The van der Waals surface area contributed by atoms with E-state index in [4.69, 9.17) is 10.2 Å². The zero-order chi connectivity index (χ0) is 20.2. The minimum atomic E-state index is -3.85. The molecule has 0 radical (unpaired) electrons. The molecule has 0 amide bonds. The van der Waals surface area contributed by atoms with E-state index in [2.05, 4.69) is 0 Å². The summed E-state index contributed by atoms with van der Waals surface area (Å²) in [5.41, 5.74) is 1.07. The van der Waals surface area contributed by atoms with Gasteiger partial charge >= 0.3 is 11.9 Å². The molecule has 0 unspecified atom stereocenters. The molecule has 2 aromatic carbocycles. The molecule has 0 saturated carbocycles. The van der Waals surface area contributed by atoms with E-state index in [-0.39, 0.29) is 20.9 Å². The Morgan fingerprint density at radius 1 is 0.778 bits per heavy atom. The normalized spacial score (nSPS) is 12.7. The summed E-state index contributed by atoms with van der Waals surface area (Å²) in [6, 6.07) is 11.9. The van der Waals surface area contributed by atoms with Crippen LogP contribution in [-0.4, -0.2) is 30.6 Å². The molecule has 0 aliphatic carbocycles. The van der Waals surface area contributed by atoms with E-state index < -0.39 is 21.8 Å². The van der Waals surface area contributed by atoms with Gasteiger partial charge in [-0.3, -0.25) is 0 Å². The zero-order valence-electron chi connectivity index (χ0n) is 14.7. The van der Waals surface area contributed by atoms with Gasteiger partial charge in [0.05, 0.1) is 9.79 Å². The maximum Gasteiger partial charge on any atom is 0.331 e. The number of carboxylic acids is 2. The van der Waals surface area contributed by atoms with Crippen LogP contribution in [0.4, 0.5) is 0 Å². The lowest BCUT2D eigenvalue weighted by Crippen LogP contribution is -2.03. The molecule has 140 valence electrons. The molecule has 7 heteroatoms. The first kappa shape index (κ1) is 20.1. The summed E-state index contributed by atoms with van der Waals surface area (Å²) in [4.78, 5) is 21.9. The van der Waals surface area contributed by atoms with Gasteiger partial charge in [0.1, 0.15) is 0 Å². The Morgan fingerprint density at radius 3 is 1.48 bits per heavy atom. The lowest BCUT2D eigenvalue weighted by Gasteiger charge is -2.07. The molecular weight excluding hydrogens is 368 g/mol. The van der Waals surface area contributed by atoms with Gasteiger partial charge in [-0.05, 0) is 61.4 Å². The second kappa shape index (κ2) is 8.01. The van der Waals surface area contributed by atoms with Crippen LogP contribution >= 0.6 is 0 Å². The van der Waals surface area contributed by atoms with Gasteiger partial charge in [-0.25, -0.2) is 18.0 Å². The Kier molecular flexibility index (Phi) is 5.97. The Bertz CT molecular complexity index is 982. The van der Waals surface area contributed by atoms with Crippen molar-refractivity contribution in [3.8, 4) is 0 Å². The topological polar surface area (TPSA) is 109 Å². The van der Waals surface area contributed by atoms with E-state index in [1.165, 1.54) is 62.4 Å². The maximum absolute atomic E-state index is 12.9. The van der Waals surface area contributed by atoms with E-state index in [1.807, 2.05) is 0 Å². The van der Waals surface area contributed by atoms with E-state index in [9.17, 15) is 18.0 Å². The van der Waals surface area contributed by atoms with E-state index in [0.717, 1.165) is 0 Å². The lowest BCUT2D eigenvalue weighted by atomic mass is 10.1. The van der Waals surface area contributed by atoms with Gasteiger partial charge in [-0.15, -0.1) is 0 Å². The van der Waals surface area contributed by atoms with Crippen molar-refractivity contribution in [2.45, 2.75) is 23.6 Å². The fraction of sp³-hybridized carbons (Fsp3) is 0.100. The summed E-state index contributed by atoms with van der Waals surface area (Å²) in [5.74, 6) is -2.17. The summed E-state index contributed by atoms with van der Waals surface area (Å²) in [6.45, 7) is 2.84. The summed E-state index contributed by atoms with van der Waals surface area (Å²) in [7, 11) is -3.85. The van der Waals surface area contributed by atoms with Gasteiger partial charge in [0.25, 0.3) is 0 Å². The first-order valence-corrected chi connectivity index (χ1v) is 9.38. The maximum atomic E-state index is 12.9.